The first-order valence-electron chi connectivity index (χ1n) is 14.2. The average molecular weight is 508 g/mol. The molecule has 0 aliphatic heterocycles. The summed E-state index contributed by atoms with van der Waals surface area (Å²) in [6, 6.07) is 0. The number of aliphatic hydroxyl groups is 3. The predicted octanol–water partition coefficient (Wildman–Crippen LogP) is 6.10. The Labute approximate surface area is 222 Å². The highest BCUT2D eigenvalue weighted by Gasteiger charge is 2.55. The molecule has 1 aromatic heterocycles. The second-order valence-corrected chi connectivity index (χ2v) is 13.2. The molecule has 5 heteroatoms. The number of aliphatic hydroxyl groups excluding tert-OH is 3. The lowest BCUT2D eigenvalue weighted by Gasteiger charge is -2.47. The summed E-state index contributed by atoms with van der Waals surface area (Å²) < 4.78 is 5.80. The standard InChI is InChI=1S/C32H45NO4/c1-20-19-33-29(37-20)32(15-16-32)28(36)12-14-30(3,4)27-11-10-25-22(7-6-13-31(25,27)5)8-9-23-17-24(34)18-26(35)21(23)2/h8-9,12,14,19,24-28,34-36H,2,6-7,10-11,13,15-18H2,1,3-5H3/b14-12+,22-8+,23-9-/t24-,25+,26+,27-,28-,31+/m1/s1. The van der Waals surface area contributed by atoms with Crippen molar-refractivity contribution in [2.75, 3.05) is 0 Å². The summed E-state index contributed by atoms with van der Waals surface area (Å²) in [5.41, 5.74) is 3.04. The van der Waals surface area contributed by atoms with Crippen molar-refractivity contribution in [3.8, 4) is 0 Å². The molecule has 0 aromatic carbocycles. The van der Waals surface area contributed by atoms with E-state index >= 15 is 0 Å². The molecule has 5 rings (SSSR count). The third-order valence-corrected chi connectivity index (χ3v) is 10.2. The van der Waals surface area contributed by atoms with Crippen LogP contribution in [-0.2, 0) is 5.41 Å². The van der Waals surface area contributed by atoms with E-state index < -0.39 is 18.3 Å². The van der Waals surface area contributed by atoms with E-state index in [2.05, 4.69) is 50.6 Å². The summed E-state index contributed by atoms with van der Waals surface area (Å²) in [6.07, 6.45) is 17.3. The Morgan fingerprint density at radius 1 is 1.19 bits per heavy atom. The van der Waals surface area contributed by atoms with Gasteiger partial charge in [-0.1, -0.05) is 57.2 Å². The molecule has 202 valence electrons. The summed E-state index contributed by atoms with van der Waals surface area (Å²) in [7, 11) is 0. The minimum absolute atomic E-state index is 0.0418. The molecule has 0 saturated heterocycles. The topological polar surface area (TPSA) is 86.7 Å². The van der Waals surface area contributed by atoms with Gasteiger partial charge >= 0.3 is 0 Å². The maximum Gasteiger partial charge on any atom is 0.203 e. The largest absolute Gasteiger partial charge is 0.445 e. The first-order valence-corrected chi connectivity index (χ1v) is 14.2. The molecule has 4 saturated carbocycles. The number of allylic oxidation sites excluding steroid dienone is 4. The Balaban J connectivity index is 1.33. The first-order chi connectivity index (χ1) is 17.5. The Bertz CT molecular complexity index is 1120. The number of hydrogen-bond acceptors (Lipinski definition) is 5. The van der Waals surface area contributed by atoms with Crippen LogP contribution in [0.15, 0.2) is 58.2 Å². The molecule has 0 unspecified atom stereocenters. The number of nitrogens with zero attached hydrogens (tertiary/aromatic N) is 1. The van der Waals surface area contributed by atoms with Crippen LogP contribution >= 0.6 is 0 Å². The number of oxazole rings is 1. The van der Waals surface area contributed by atoms with Gasteiger partial charge in [-0.15, -0.1) is 0 Å². The minimum atomic E-state index is -0.647. The maximum absolute atomic E-state index is 11.2. The lowest BCUT2D eigenvalue weighted by atomic mass is 9.57. The van der Waals surface area contributed by atoms with Gasteiger partial charge in [-0.3, -0.25) is 0 Å². The third kappa shape index (κ3) is 4.84. The Kier molecular flexibility index (Phi) is 6.96. The fourth-order valence-electron chi connectivity index (χ4n) is 7.92. The Hall–Kier alpha value is -1.95. The van der Waals surface area contributed by atoms with E-state index in [0.717, 1.165) is 36.2 Å². The van der Waals surface area contributed by atoms with Crippen LogP contribution in [0.5, 0.6) is 0 Å². The van der Waals surface area contributed by atoms with E-state index in [0.29, 0.717) is 30.6 Å². The van der Waals surface area contributed by atoms with Gasteiger partial charge in [-0.05, 0) is 92.1 Å². The highest BCUT2D eigenvalue weighted by atomic mass is 16.4. The molecular formula is C32H45NO4. The zero-order valence-electron chi connectivity index (χ0n) is 23.0. The Morgan fingerprint density at radius 2 is 1.95 bits per heavy atom. The van der Waals surface area contributed by atoms with Crippen molar-refractivity contribution in [2.24, 2.45) is 22.7 Å². The van der Waals surface area contributed by atoms with Crippen LogP contribution in [-0.4, -0.2) is 38.6 Å². The van der Waals surface area contributed by atoms with Crippen molar-refractivity contribution in [1.29, 1.82) is 0 Å². The molecule has 37 heavy (non-hydrogen) atoms. The van der Waals surface area contributed by atoms with Gasteiger partial charge in [0.25, 0.3) is 0 Å². The second kappa shape index (κ2) is 9.66. The summed E-state index contributed by atoms with van der Waals surface area (Å²) in [6.45, 7) is 13.1. The number of rotatable bonds is 6. The van der Waals surface area contributed by atoms with Crippen LogP contribution < -0.4 is 0 Å². The number of aromatic nitrogens is 1. The summed E-state index contributed by atoms with van der Waals surface area (Å²) in [5.74, 6) is 2.53. The van der Waals surface area contributed by atoms with E-state index in [1.165, 1.54) is 31.3 Å². The molecule has 1 heterocycles. The summed E-state index contributed by atoms with van der Waals surface area (Å²) in [5, 5.41) is 31.5. The van der Waals surface area contributed by atoms with Gasteiger partial charge in [0.1, 0.15) is 5.76 Å². The smallest absolute Gasteiger partial charge is 0.203 e. The van der Waals surface area contributed by atoms with Gasteiger partial charge in [0.05, 0.1) is 29.9 Å². The quantitative estimate of drug-likeness (QED) is 0.405. The van der Waals surface area contributed by atoms with Crippen LogP contribution in [0.3, 0.4) is 0 Å². The molecule has 1 aromatic rings. The first kappa shape index (κ1) is 26.6. The van der Waals surface area contributed by atoms with Crippen LogP contribution in [0.4, 0.5) is 0 Å². The van der Waals surface area contributed by atoms with Crippen LogP contribution in [0.1, 0.15) is 90.2 Å². The highest BCUT2D eigenvalue weighted by molar-refractivity contribution is 5.39. The van der Waals surface area contributed by atoms with Gasteiger partial charge in [0.15, 0.2) is 0 Å². The van der Waals surface area contributed by atoms with Crippen molar-refractivity contribution in [2.45, 2.75) is 109 Å². The summed E-state index contributed by atoms with van der Waals surface area (Å²) in [4.78, 5) is 4.43. The molecule has 5 nitrogen and oxygen atoms in total. The van der Waals surface area contributed by atoms with Gasteiger partial charge < -0.3 is 19.7 Å². The Morgan fingerprint density at radius 3 is 2.62 bits per heavy atom. The monoisotopic (exact) mass is 507 g/mol. The molecule has 4 aliphatic carbocycles. The van der Waals surface area contributed by atoms with E-state index in [4.69, 9.17) is 4.42 Å². The van der Waals surface area contributed by atoms with Crippen LogP contribution in [0.25, 0.3) is 0 Å². The minimum Gasteiger partial charge on any atom is -0.445 e. The molecule has 0 spiro atoms. The van der Waals surface area contributed by atoms with E-state index in [1.807, 2.05) is 13.0 Å². The molecule has 6 atom stereocenters. The molecule has 4 aliphatic rings. The fourth-order valence-corrected chi connectivity index (χ4v) is 7.92. The number of aryl methyl sites for hydroxylation is 1. The van der Waals surface area contributed by atoms with Crippen molar-refractivity contribution in [3.63, 3.8) is 0 Å². The summed E-state index contributed by atoms with van der Waals surface area (Å²) >= 11 is 0. The van der Waals surface area contributed by atoms with E-state index in [1.54, 1.807) is 6.20 Å². The lowest BCUT2D eigenvalue weighted by molar-refractivity contribution is 0.0705. The molecular weight excluding hydrogens is 462 g/mol. The van der Waals surface area contributed by atoms with Crippen molar-refractivity contribution in [3.05, 3.63) is 65.5 Å². The van der Waals surface area contributed by atoms with Gasteiger partial charge in [0.2, 0.25) is 5.89 Å². The van der Waals surface area contributed by atoms with Crippen LogP contribution in [0.2, 0.25) is 0 Å². The third-order valence-electron chi connectivity index (χ3n) is 10.2. The lowest BCUT2D eigenvalue weighted by Crippen LogP contribution is -2.39. The molecule has 0 amide bonds. The zero-order valence-corrected chi connectivity index (χ0v) is 23.0. The number of fused-ring (bicyclic) bond motifs is 1. The van der Waals surface area contributed by atoms with Crippen LogP contribution in [0, 0.1) is 29.6 Å². The maximum atomic E-state index is 11.2. The van der Waals surface area contributed by atoms with Crippen molar-refractivity contribution in [1.82, 2.24) is 4.98 Å². The van der Waals surface area contributed by atoms with Gasteiger partial charge in [0, 0.05) is 6.42 Å². The van der Waals surface area contributed by atoms with Gasteiger partial charge in [-0.25, -0.2) is 4.98 Å². The molecule has 0 bridgehead atoms. The highest BCUT2D eigenvalue weighted by Crippen LogP contribution is 2.62. The number of hydrogen-bond donors (Lipinski definition) is 3. The molecule has 4 fully saturated rings. The van der Waals surface area contributed by atoms with E-state index in [-0.39, 0.29) is 16.2 Å². The van der Waals surface area contributed by atoms with Crippen molar-refractivity contribution >= 4 is 0 Å². The normalized spacial score (nSPS) is 36.9. The van der Waals surface area contributed by atoms with Gasteiger partial charge in [-0.2, -0.15) is 0 Å². The average Bonchev–Trinajstić information content (AvgIpc) is 3.40. The van der Waals surface area contributed by atoms with E-state index in [9.17, 15) is 15.3 Å². The molecule has 3 N–H and O–H groups in total. The molecule has 0 radical (unpaired) electrons. The SMILES string of the molecule is C=C1/C(=C\C=C2/CCC[C@]3(C)[C@@H](C(C)(C)/C=C/[C@@H](O)C4(c5ncc(C)o5)CC4)CC[C@@H]23)C[C@@H](O)C[C@@H]1O. The van der Waals surface area contributed by atoms with Crippen molar-refractivity contribution < 1.29 is 19.7 Å². The predicted molar refractivity (Wildman–Crippen MR) is 146 cm³/mol. The zero-order chi connectivity index (χ0) is 26.6. The fraction of sp³-hybridized carbons (Fsp3) is 0.656. The second-order valence-electron chi connectivity index (χ2n) is 13.2.